The van der Waals surface area contributed by atoms with Gasteiger partial charge in [-0.25, -0.2) is 4.98 Å². The second-order valence-electron chi connectivity index (χ2n) is 7.15. The van der Waals surface area contributed by atoms with Crippen molar-refractivity contribution in [2.45, 2.75) is 6.10 Å². The van der Waals surface area contributed by atoms with E-state index in [-0.39, 0.29) is 6.10 Å². The van der Waals surface area contributed by atoms with E-state index in [0.29, 0.717) is 0 Å². The van der Waals surface area contributed by atoms with Crippen molar-refractivity contribution in [2.24, 2.45) is 0 Å². The standard InChI is InChI=1S/C27H21NOS/c1-29-25(20-12-4-2-5-13-20)26-24(28-27(30-26)21-14-6-3-7-15-21)23-18-10-16-19-11-8-9-17-22(19)23/h2-18,25H,1H3. The predicted molar refractivity (Wildman–Crippen MR) is 126 cm³/mol. The average Bonchev–Trinajstić information content (AvgIpc) is 3.25. The lowest BCUT2D eigenvalue weighted by molar-refractivity contribution is 0.139. The molecule has 1 atom stereocenters. The van der Waals surface area contributed by atoms with Gasteiger partial charge in [0, 0.05) is 18.2 Å². The minimum absolute atomic E-state index is 0.171. The molecule has 0 saturated heterocycles. The third kappa shape index (κ3) is 3.43. The summed E-state index contributed by atoms with van der Waals surface area (Å²) in [5.74, 6) is 0. The Hall–Kier alpha value is -3.27. The zero-order valence-electron chi connectivity index (χ0n) is 16.7. The molecule has 0 aliphatic carbocycles. The SMILES string of the molecule is COC(c1ccccc1)c1sc(-c2ccccc2)nc1-c1cccc2ccccc12. The molecule has 146 valence electrons. The second kappa shape index (κ2) is 8.23. The number of hydrogen-bond acceptors (Lipinski definition) is 3. The van der Waals surface area contributed by atoms with Gasteiger partial charge in [0.05, 0.1) is 10.6 Å². The molecule has 1 heterocycles. The summed E-state index contributed by atoms with van der Waals surface area (Å²) >= 11 is 1.71. The van der Waals surface area contributed by atoms with Gasteiger partial charge in [-0.1, -0.05) is 103 Å². The maximum absolute atomic E-state index is 6.02. The van der Waals surface area contributed by atoms with Gasteiger partial charge in [-0.05, 0) is 16.3 Å². The van der Waals surface area contributed by atoms with Gasteiger partial charge in [0.15, 0.2) is 0 Å². The number of fused-ring (bicyclic) bond motifs is 1. The van der Waals surface area contributed by atoms with Crippen LogP contribution in [0.4, 0.5) is 0 Å². The molecule has 0 bridgehead atoms. The predicted octanol–water partition coefficient (Wildman–Crippen LogP) is 7.37. The molecule has 0 N–H and O–H groups in total. The summed E-state index contributed by atoms with van der Waals surface area (Å²) in [7, 11) is 1.77. The van der Waals surface area contributed by atoms with Gasteiger partial charge in [-0.15, -0.1) is 11.3 Å². The molecule has 0 aliphatic rings. The van der Waals surface area contributed by atoms with Crippen molar-refractivity contribution < 1.29 is 4.74 Å². The van der Waals surface area contributed by atoms with Crippen LogP contribution in [0, 0.1) is 0 Å². The highest BCUT2D eigenvalue weighted by Crippen LogP contribution is 2.42. The number of thiazole rings is 1. The first-order chi connectivity index (χ1) is 14.8. The molecule has 1 aromatic heterocycles. The van der Waals surface area contributed by atoms with Crippen LogP contribution < -0.4 is 0 Å². The highest BCUT2D eigenvalue weighted by Gasteiger charge is 2.24. The van der Waals surface area contributed by atoms with Gasteiger partial charge in [0.2, 0.25) is 0 Å². The quantitative estimate of drug-likeness (QED) is 0.303. The van der Waals surface area contributed by atoms with E-state index >= 15 is 0 Å². The topological polar surface area (TPSA) is 22.1 Å². The number of nitrogens with zero attached hydrogens (tertiary/aromatic N) is 1. The van der Waals surface area contributed by atoms with Crippen LogP contribution in [0.3, 0.4) is 0 Å². The van der Waals surface area contributed by atoms with Crippen molar-refractivity contribution in [3.8, 4) is 21.8 Å². The van der Waals surface area contributed by atoms with Crippen molar-refractivity contribution in [1.82, 2.24) is 4.98 Å². The fourth-order valence-electron chi connectivity index (χ4n) is 3.86. The van der Waals surface area contributed by atoms with E-state index in [9.17, 15) is 0 Å². The summed E-state index contributed by atoms with van der Waals surface area (Å²) in [4.78, 5) is 6.26. The monoisotopic (exact) mass is 407 g/mol. The average molecular weight is 408 g/mol. The molecule has 2 nitrogen and oxygen atoms in total. The first kappa shape index (κ1) is 18.7. The zero-order valence-corrected chi connectivity index (χ0v) is 17.5. The Morgan fingerprint density at radius 1 is 0.733 bits per heavy atom. The molecule has 0 radical (unpaired) electrons. The number of ether oxygens (including phenoxy) is 1. The molecule has 0 amide bonds. The van der Waals surface area contributed by atoms with Gasteiger partial charge >= 0.3 is 0 Å². The molecule has 3 heteroatoms. The van der Waals surface area contributed by atoms with E-state index in [1.54, 1.807) is 18.4 Å². The lowest BCUT2D eigenvalue weighted by Crippen LogP contribution is -2.03. The van der Waals surface area contributed by atoms with Gasteiger partial charge in [0.25, 0.3) is 0 Å². The van der Waals surface area contributed by atoms with Crippen LogP contribution in [-0.4, -0.2) is 12.1 Å². The van der Waals surface area contributed by atoms with Gasteiger partial charge in [-0.2, -0.15) is 0 Å². The lowest BCUT2D eigenvalue weighted by Gasteiger charge is -2.16. The van der Waals surface area contributed by atoms with Crippen LogP contribution in [-0.2, 0) is 4.74 Å². The van der Waals surface area contributed by atoms with Crippen molar-refractivity contribution in [1.29, 1.82) is 0 Å². The molecule has 5 aromatic rings. The Morgan fingerprint density at radius 3 is 2.17 bits per heavy atom. The maximum Gasteiger partial charge on any atom is 0.124 e. The van der Waals surface area contributed by atoms with Crippen LogP contribution in [0.1, 0.15) is 16.5 Å². The Morgan fingerprint density at radius 2 is 1.40 bits per heavy atom. The molecule has 0 spiro atoms. The number of hydrogen-bond donors (Lipinski definition) is 0. The first-order valence-corrected chi connectivity index (χ1v) is 10.8. The smallest absolute Gasteiger partial charge is 0.124 e. The first-order valence-electron chi connectivity index (χ1n) is 9.97. The lowest BCUT2D eigenvalue weighted by atomic mass is 9.98. The van der Waals surface area contributed by atoms with Crippen LogP contribution in [0.2, 0.25) is 0 Å². The molecule has 30 heavy (non-hydrogen) atoms. The number of rotatable bonds is 5. The molecular formula is C27H21NOS. The minimum Gasteiger partial charge on any atom is -0.371 e. The largest absolute Gasteiger partial charge is 0.371 e. The summed E-state index contributed by atoms with van der Waals surface area (Å²) in [6, 6.07) is 35.6. The second-order valence-corrected chi connectivity index (χ2v) is 8.18. The Kier molecular flexibility index (Phi) is 5.14. The minimum atomic E-state index is -0.171. The van der Waals surface area contributed by atoms with Crippen molar-refractivity contribution in [2.75, 3.05) is 7.11 Å². The summed E-state index contributed by atoms with van der Waals surface area (Å²) in [6.07, 6.45) is -0.171. The Balaban J connectivity index is 1.76. The fraction of sp³-hybridized carbons (Fsp3) is 0.0741. The van der Waals surface area contributed by atoms with Gasteiger partial charge in [-0.3, -0.25) is 0 Å². The third-order valence-corrected chi connectivity index (χ3v) is 6.44. The summed E-state index contributed by atoms with van der Waals surface area (Å²) < 4.78 is 6.02. The normalized spacial score (nSPS) is 12.2. The molecule has 0 aliphatic heterocycles. The number of aromatic nitrogens is 1. The van der Waals surface area contributed by atoms with Crippen LogP contribution in [0.15, 0.2) is 103 Å². The summed E-state index contributed by atoms with van der Waals surface area (Å²) in [5.41, 5.74) is 4.38. The molecule has 0 fully saturated rings. The molecule has 0 saturated carbocycles. The van der Waals surface area contributed by atoms with Crippen molar-refractivity contribution in [3.63, 3.8) is 0 Å². The molecule has 1 unspecified atom stereocenters. The van der Waals surface area contributed by atoms with E-state index in [0.717, 1.165) is 32.3 Å². The van der Waals surface area contributed by atoms with Gasteiger partial charge < -0.3 is 4.74 Å². The highest BCUT2D eigenvalue weighted by atomic mass is 32.1. The van der Waals surface area contributed by atoms with E-state index in [1.807, 2.05) is 12.1 Å². The van der Waals surface area contributed by atoms with E-state index in [1.165, 1.54) is 10.8 Å². The van der Waals surface area contributed by atoms with Crippen LogP contribution in [0.25, 0.3) is 32.6 Å². The molecule has 5 rings (SSSR count). The Labute approximate surface area is 180 Å². The van der Waals surface area contributed by atoms with E-state index in [2.05, 4.69) is 91.0 Å². The Bertz CT molecular complexity index is 1270. The summed E-state index contributed by atoms with van der Waals surface area (Å²) in [6.45, 7) is 0. The number of methoxy groups -OCH3 is 1. The number of benzene rings is 4. The maximum atomic E-state index is 6.02. The molecular weight excluding hydrogens is 386 g/mol. The van der Waals surface area contributed by atoms with Gasteiger partial charge in [0.1, 0.15) is 11.1 Å². The van der Waals surface area contributed by atoms with E-state index < -0.39 is 0 Å². The summed E-state index contributed by atoms with van der Waals surface area (Å²) in [5, 5.41) is 3.42. The fourth-order valence-corrected chi connectivity index (χ4v) is 5.05. The molecule has 4 aromatic carbocycles. The van der Waals surface area contributed by atoms with Crippen LogP contribution in [0.5, 0.6) is 0 Å². The zero-order chi connectivity index (χ0) is 20.3. The third-order valence-electron chi connectivity index (χ3n) is 5.30. The highest BCUT2D eigenvalue weighted by molar-refractivity contribution is 7.15. The van der Waals surface area contributed by atoms with E-state index in [4.69, 9.17) is 9.72 Å². The van der Waals surface area contributed by atoms with Crippen molar-refractivity contribution >= 4 is 22.1 Å². The van der Waals surface area contributed by atoms with Crippen LogP contribution >= 0.6 is 11.3 Å². The van der Waals surface area contributed by atoms with Crippen molar-refractivity contribution in [3.05, 3.63) is 114 Å².